The number of rotatable bonds is 6. The van der Waals surface area contributed by atoms with Crippen LogP contribution in [0.1, 0.15) is 12.8 Å². The number of nitrogens with one attached hydrogen (secondary N) is 1. The first-order valence-electron chi connectivity index (χ1n) is 8.55. The smallest absolute Gasteiger partial charge is 0.261 e. The highest BCUT2D eigenvalue weighted by molar-refractivity contribution is 7.92. The van der Waals surface area contributed by atoms with E-state index in [0.717, 1.165) is 17.0 Å². The summed E-state index contributed by atoms with van der Waals surface area (Å²) in [6.07, 6.45) is 2.36. The molecule has 1 amide bonds. The van der Waals surface area contributed by atoms with Gasteiger partial charge in [0.2, 0.25) is 15.9 Å². The molecular formula is C18H21N3O5S2. The number of carbonyl (C=O) groups excluding carboxylic acids is 1. The zero-order valence-electron chi connectivity index (χ0n) is 15.5. The van der Waals surface area contributed by atoms with E-state index in [1.54, 1.807) is 29.2 Å². The average molecular weight is 424 g/mol. The van der Waals surface area contributed by atoms with Crippen LogP contribution in [0.3, 0.4) is 0 Å². The Labute approximate surface area is 164 Å². The molecular weight excluding hydrogens is 402 g/mol. The molecule has 0 aliphatic carbocycles. The van der Waals surface area contributed by atoms with Crippen molar-refractivity contribution < 1.29 is 21.6 Å². The molecule has 1 aliphatic rings. The molecule has 1 saturated heterocycles. The van der Waals surface area contributed by atoms with Crippen LogP contribution in [0.4, 0.5) is 17.1 Å². The summed E-state index contributed by atoms with van der Waals surface area (Å²) in [5.74, 6) is 0.0283. The van der Waals surface area contributed by atoms with Gasteiger partial charge in [0.25, 0.3) is 10.0 Å². The molecule has 2 aromatic carbocycles. The van der Waals surface area contributed by atoms with Gasteiger partial charge in [-0.25, -0.2) is 16.8 Å². The van der Waals surface area contributed by atoms with Crippen LogP contribution in [0.25, 0.3) is 0 Å². The Bertz CT molecular complexity index is 1100. The number of carbonyl (C=O) groups is 1. The first-order valence-corrected chi connectivity index (χ1v) is 11.9. The lowest BCUT2D eigenvalue weighted by Crippen LogP contribution is -2.25. The van der Waals surface area contributed by atoms with Gasteiger partial charge in [0, 0.05) is 25.7 Å². The average Bonchev–Trinajstić information content (AvgIpc) is 3.06. The standard InChI is InChI=1S/C18H21N3O5S2/c1-20(27(2,23)24)16-6-3-5-14(13-16)19-28(25,26)17-10-8-15(9-11-17)21-12-4-7-18(21)22/h3,5-6,8-11,13,19H,4,7,12H2,1-2H3. The molecule has 1 aliphatic heterocycles. The third kappa shape index (κ3) is 4.28. The summed E-state index contributed by atoms with van der Waals surface area (Å²) >= 11 is 0. The first kappa shape index (κ1) is 20.2. The minimum absolute atomic E-state index is 0.0283. The number of hydrogen-bond acceptors (Lipinski definition) is 5. The van der Waals surface area contributed by atoms with Crippen molar-refractivity contribution in [3.63, 3.8) is 0 Å². The lowest BCUT2D eigenvalue weighted by Gasteiger charge is -2.18. The summed E-state index contributed by atoms with van der Waals surface area (Å²) in [6, 6.07) is 12.2. The van der Waals surface area contributed by atoms with Crippen molar-refractivity contribution in [3.8, 4) is 0 Å². The monoisotopic (exact) mass is 423 g/mol. The van der Waals surface area contributed by atoms with E-state index in [0.29, 0.717) is 24.3 Å². The molecule has 0 saturated carbocycles. The van der Waals surface area contributed by atoms with Gasteiger partial charge in [-0.1, -0.05) is 6.07 Å². The Morgan fingerprint density at radius 1 is 1.04 bits per heavy atom. The quantitative estimate of drug-likeness (QED) is 0.765. The fourth-order valence-corrected chi connectivity index (χ4v) is 4.44. The van der Waals surface area contributed by atoms with Gasteiger partial charge in [-0.05, 0) is 48.9 Å². The number of amides is 1. The molecule has 0 aromatic heterocycles. The zero-order valence-corrected chi connectivity index (χ0v) is 17.1. The van der Waals surface area contributed by atoms with E-state index in [4.69, 9.17) is 0 Å². The molecule has 1 N–H and O–H groups in total. The summed E-state index contributed by atoms with van der Waals surface area (Å²) in [5, 5.41) is 0. The van der Waals surface area contributed by atoms with Crippen LogP contribution in [0.5, 0.6) is 0 Å². The van der Waals surface area contributed by atoms with Gasteiger partial charge in [-0.15, -0.1) is 0 Å². The number of anilines is 3. The van der Waals surface area contributed by atoms with Crippen molar-refractivity contribution in [1.82, 2.24) is 0 Å². The predicted octanol–water partition coefficient (Wildman–Crippen LogP) is 2.01. The minimum atomic E-state index is -3.87. The molecule has 3 rings (SSSR count). The molecule has 1 heterocycles. The SMILES string of the molecule is CN(c1cccc(NS(=O)(=O)c2ccc(N3CCCC3=O)cc2)c1)S(C)(=O)=O. The van der Waals surface area contributed by atoms with Crippen molar-refractivity contribution in [2.45, 2.75) is 17.7 Å². The van der Waals surface area contributed by atoms with E-state index in [-0.39, 0.29) is 16.5 Å². The Morgan fingerprint density at radius 2 is 1.71 bits per heavy atom. The van der Waals surface area contributed by atoms with E-state index in [1.807, 2.05) is 0 Å². The van der Waals surface area contributed by atoms with Crippen LogP contribution < -0.4 is 13.9 Å². The van der Waals surface area contributed by atoms with Gasteiger partial charge in [-0.2, -0.15) is 0 Å². The number of hydrogen-bond donors (Lipinski definition) is 1. The summed E-state index contributed by atoms with van der Waals surface area (Å²) in [6.45, 7) is 0.629. The first-order chi connectivity index (χ1) is 13.1. The van der Waals surface area contributed by atoms with E-state index in [2.05, 4.69) is 4.72 Å². The highest BCUT2D eigenvalue weighted by atomic mass is 32.2. The predicted molar refractivity (Wildman–Crippen MR) is 109 cm³/mol. The summed E-state index contributed by atoms with van der Waals surface area (Å²) in [4.78, 5) is 13.5. The molecule has 0 spiro atoms. The fraction of sp³-hybridized carbons (Fsp3) is 0.278. The summed E-state index contributed by atoms with van der Waals surface area (Å²) in [7, 11) is -5.94. The highest BCUT2D eigenvalue weighted by Crippen LogP contribution is 2.25. The molecule has 150 valence electrons. The Morgan fingerprint density at radius 3 is 2.29 bits per heavy atom. The normalized spacial score (nSPS) is 14.9. The minimum Gasteiger partial charge on any atom is -0.312 e. The molecule has 10 heteroatoms. The lowest BCUT2D eigenvalue weighted by atomic mass is 10.3. The van der Waals surface area contributed by atoms with Crippen LogP contribution in [-0.4, -0.2) is 42.6 Å². The third-order valence-corrected chi connectivity index (χ3v) is 7.09. The number of sulfonamides is 2. The van der Waals surface area contributed by atoms with E-state index < -0.39 is 20.0 Å². The lowest BCUT2D eigenvalue weighted by molar-refractivity contribution is -0.117. The molecule has 2 aromatic rings. The Balaban J connectivity index is 1.81. The van der Waals surface area contributed by atoms with Gasteiger partial charge in [0.15, 0.2) is 0 Å². The van der Waals surface area contributed by atoms with Crippen LogP contribution in [0, 0.1) is 0 Å². The Kier molecular flexibility index (Phi) is 5.35. The molecule has 28 heavy (non-hydrogen) atoms. The molecule has 0 atom stereocenters. The fourth-order valence-electron chi connectivity index (χ4n) is 2.90. The maximum Gasteiger partial charge on any atom is 0.261 e. The second-order valence-corrected chi connectivity index (χ2v) is 10.2. The van der Waals surface area contributed by atoms with Gasteiger partial charge in [0.1, 0.15) is 0 Å². The summed E-state index contributed by atoms with van der Waals surface area (Å²) in [5.41, 5.74) is 1.25. The van der Waals surface area contributed by atoms with E-state index in [9.17, 15) is 21.6 Å². The number of nitrogens with zero attached hydrogens (tertiary/aromatic N) is 2. The third-order valence-electron chi connectivity index (χ3n) is 4.49. The van der Waals surface area contributed by atoms with Crippen LogP contribution in [-0.2, 0) is 24.8 Å². The van der Waals surface area contributed by atoms with Gasteiger partial charge in [0.05, 0.1) is 22.5 Å². The van der Waals surface area contributed by atoms with Gasteiger partial charge < -0.3 is 4.90 Å². The van der Waals surface area contributed by atoms with Crippen LogP contribution >= 0.6 is 0 Å². The van der Waals surface area contributed by atoms with Crippen molar-refractivity contribution in [2.24, 2.45) is 0 Å². The second-order valence-electron chi connectivity index (χ2n) is 6.53. The van der Waals surface area contributed by atoms with Gasteiger partial charge >= 0.3 is 0 Å². The van der Waals surface area contributed by atoms with Crippen LogP contribution in [0.2, 0.25) is 0 Å². The van der Waals surface area contributed by atoms with E-state index >= 15 is 0 Å². The topological polar surface area (TPSA) is 104 Å². The molecule has 8 nitrogen and oxygen atoms in total. The molecule has 0 bridgehead atoms. The second kappa shape index (κ2) is 7.44. The molecule has 0 unspecified atom stereocenters. The van der Waals surface area contributed by atoms with Crippen molar-refractivity contribution in [1.29, 1.82) is 0 Å². The Hall–Kier alpha value is -2.59. The molecule has 1 fully saturated rings. The maximum atomic E-state index is 12.7. The van der Waals surface area contributed by atoms with Crippen molar-refractivity contribution in [3.05, 3.63) is 48.5 Å². The summed E-state index contributed by atoms with van der Waals surface area (Å²) < 4.78 is 52.2. The molecule has 0 radical (unpaired) electrons. The van der Waals surface area contributed by atoms with E-state index in [1.165, 1.54) is 31.3 Å². The largest absolute Gasteiger partial charge is 0.312 e. The van der Waals surface area contributed by atoms with Crippen LogP contribution in [0.15, 0.2) is 53.4 Å². The van der Waals surface area contributed by atoms with Crippen molar-refractivity contribution >= 4 is 43.0 Å². The van der Waals surface area contributed by atoms with Crippen molar-refractivity contribution in [2.75, 3.05) is 33.8 Å². The number of benzene rings is 2. The highest BCUT2D eigenvalue weighted by Gasteiger charge is 2.22. The zero-order chi connectivity index (χ0) is 20.5. The maximum absolute atomic E-state index is 12.7. The van der Waals surface area contributed by atoms with Gasteiger partial charge in [-0.3, -0.25) is 13.8 Å².